The minimum Gasteiger partial charge on any atom is -0.386 e. The van der Waals surface area contributed by atoms with Crippen molar-refractivity contribution >= 4 is 17.4 Å². The van der Waals surface area contributed by atoms with E-state index in [2.05, 4.69) is 10.1 Å². The van der Waals surface area contributed by atoms with E-state index in [1.807, 2.05) is 0 Å². The molecule has 0 unspecified atom stereocenters. The fourth-order valence-electron chi connectivity index (χ4n) is 3.11. The molecular weight excluding hydrogens is 400 g/mol. The number of aryl methyl sites for hydroxylation is 2. The molecule has 1 aromatic carbocycles. The zero-order chi connectivity index (χ0) is 20.5. The predicted molar refractivity (Wildman–Crippen MR) is 97.0 cm³/mol. The average Bonchev–Trinajstić information content (AvgIpc) is 2.95. The van der Waals surface area contributed by atoms with Gasteiger partial charge in [0, 0.05) is 11.8 Å². The van der Waals surface area contributed by atoms with Crippen molar-refractivity contribution in [1.82, 2.24) is 9.78 Å². The number of nitrogens with two attached hydrogens (primary N) is 1. The van der Waals surface area contributed by atoms with E-state index < -0.39 is 24.1 Å². The summed E-state index contributed by atoms with van der Waals surface area (Å²) >= 11 is 5.94. The lowest BCUT2D eigenvalue weighted by Gasteiger charge is -2.29. The van der Waals surface area contributed by atoms with Crippen molar-refractivity contribution in [2.75, 3.05) is 13.2 Å². The average molecular weight is 419 g/mol. The summed E-state index contributed by atoms with van der Waals surface area (Å²) < 4.78 is 60.2. The van der Waals surface area contributed by atoms with Crippen LogP contribution in [0.25, 0.3) is 0 Å². The van der Waals surface area contributed by atoms with E-state index in [0.717, 1.165) is 6.20 Å². The van der Waals surface area contributed by atoms with Crippen LogP contribution in [0.4, 0.5) is 17.6 Å². The summed E-state index contributed by atoms with van der Waals surface area (Å²) in [5.74, 6) is -0.538. The minimum absolute atomic E-state index is 0.0252. The molecule has 2 N–H and O–H groups in total. The molecule has 152 valence electrons. The molecule has 0 radical (unpaired) electrons. The van der Waals surface area contributed by atoms with Crippen molar-refractivity contribution in [3.05, 3.63) is 52.1 Å². The summed E-state index contributed by atoms with van der Waals surface area (Å²) in [5, 5.41) is 3.87. The van der Waals surface area contributed by atoms with E-state index in [1.165, 1.54) is 25.1 Å². The molecular formula is C18H19ClF4N4O. The van der Waals surface area contributed by atoms with Crippen LogP contribution in [0.15, 0.2) is 29.4 Å². The van der Waals surface area contributed by atoms with Crippen LogP contribution in [0, 0.1) is 5.82 Å². The third-order valence-corrected chi connectivity index (χ3v) is 5.00. The number of aromatic nitrogens is 2. The van der Waals surface area contributed by atoms with Crippen LogP contribution >= 0.6 is 11.6 Å². The summed E-state index contributed by atoms with van der Waals surface area (Å²) in [6.07, 6.45) is 0.0636. The quantitative estimate of drug-likeness (QED) is 0.751. The van der Waals surface area contributed by atoms with Gasteiger partial charge in [0.2, 0.25) is 0 Å². The number of nitrogens with zero attached hydrogens (tertiary/aromatic N) is 3. The van der Waals surface area contributed by atoms with Crippen molar-refractivity contribution in [3.8, 4) is 0 Å². The Morgan fingerprint density at radius 1 is 1.39 bits per heavy atom. The summed E-state index contributed by atoms with van der Waals surface area (Å²) in [6, 6.07) is 4.26. The van der Waals surface area contributed by atoms with Gasteiger partial charge in [0.05, 0.1) is 17.3 Å². The second-order valence-electron chi connectivity index (χ2n) is 6.73. The Labute approximate surface area is 164 Å². The fraction of sp³-hybridized carbons (Fsp3) is 0.444. The van der Waals surface area contributed by atoms with Gasteiger partial charge in [-0.2, -0.15) is 13.9 Å². The molecule has 1 aliphatic rings. The second kappa shape index (κ2) is 8.08. The highest BCUT2D eigenvalue weighted by Crippen LogP contribution is 2.35. The van der Waals surface area contributed by atoms with Crippen LogP contribution in [0.1, 0.15) is 30.3 Å². The third-order valence-electron chi connectivity index (χ3n) is 4.68. The number of hydrogen-bond donors (Lipinski definition) is 1. The lowest BCUT2D eigenvalue weighted by Crippen LogP contribution is -2.35. The number of rotatable bonds is 5. The Kier molecular flexibility index (Phi) is 5.95. The predicted octanol–water partition coefficient (Wildman–Crippen LogP) is 3.80. The number of aliphatic imine (C=N–C) groups is 1. The molecule has 0 amide bonds. The van der Waals surface area contributed by atoms with Gasteiger partial charge < -0.3 is 10.5 Å². The summed E-state index contributed by atoms with van der Waals surface area (Å²) in [5.41, 5.74) is 5.20. The molecule has 28 heavy (non-hydrogen) atoms. The standard InChI is InChI=1S/C18H19ClF4N4O/c1-18(15(21)8-28-9-16(24)25-18)11-6-10(2-4-13(11)20)3-5-14-12(19)7-27(26-14)17(22)23/h2,4,6-7,15,17H,3,5,8-9H2,1H3,(H2,24,25)/t15-,18+/m0/s1. The molecule has 0 saturated heterocycles. The highest BCUT2D eigenvalue weighted by atomic mass is 35.5. The highest BCUT2D eigenvalue weighted by Gasteiger charge is 2.40. The number of halogens is 5. The Bertz CT molecular complexity index is 888. The first-order chi connectivity index (χ1) is 13.2. The van der Waals surface area contributed by atoms with E-state index in [0.29, 0.717) is 22.4 Å². The first-order valence-electron chi connectivity index (χ1n) is 8.57. The van der Waals surface area contributed by atoms with Crippen LogP contribution in [0.3, 0.4) is 0 Å². The fourth-order valence-corrected chi connectivity index (χ4v) is 3.35. The molecule has 0 spiro atoms. The Morgan fingerprint density at radius 3 is 2.82 bits per heavy atom. The number of hydrogen-bond acceptors (Lipinski definition) is 4. The van der Waals surface area contributed by atoms with Crippen molar-refractivity contribution in [1.29, 1.82) is 0 Å². The molecule has 0 fully saturated rings. The Hall–Kier alpha value is -2.13. The third kappa shape index (κ3) is 4.15. The second-order valence-corrected chi connectivity index (χ2v) is 7.14. The topological polar surface area (TPSA) is 65.4 Å². The van der Waals surface area contributed by atoms with Crippen molar-refractivity contribution < 1.29 is 22.3 Å². The summed E-state index contributed by atoms with van der Waals surface area (Å²) in [6.45, 7) is -1.61. The maximum absolute atomic E-state index is 14.7. The van der Waals surface area contributed by atoms with Crippen LogP contribution in [-0.4, -0.2) is 35.0 Å². The number of benzene rings is 1. The van der Waals surface area contributed by atoms with E-state index >= 15 is 0 Å². The van der Waals surface area contributed by atoms with E-state index in [9.17, 15) is 17.6 Å². The van der Waals surface area contributed by atoms with Gasteiger partial charge in [-0.05, 0) is 31.4 Å². The SMILES string of the molecule is C[C@]1(c2cc(CCc3nn(C(F)F)cc3Cl)ccc2F)N=C(N)COC[C@@H]1F. The molecule has 2 aromatic rings. The van der Waals surface area contributed by atoms with Crippen molar-refractivity contribution in [2.24, 2.45) is 10.7 Å². The summed E-state index contributed by atoms with van der Waals surface area (Å²) in [4.78, 5) is 4.15. The highest BCUT2D eigenvalue weighted by molar-refractivity contribution is 6.31. The Morgan fingerprint density at radius 2 is 2.14 bits per heavy atom. The van der Waals surface area contributed by atoms with E-state index in [4.69, 9.17) is 22.1 Å². The van der Waals surface area contributed by atoms with E-state index in [1.54, 1.807) is 0 Å². The zero-order valence-electron chi connectivity index (χ0n) is 15.0. The normalized spacial score (nSPS) is 23.0. The lowest BCUT2D eigenvalue weighted by atomic mass is 9.86. The molecule has 10 heteroatoms. The maximum atomic E-state index is 14.7. The molecule has 0 bridgehead atoms. The molecule has 1 aliphatic heterocycles. The molecule has 5 nitrogen and oxygen atoms in total. The van der Waals surface area contributed by atoms with E-state index in [-0.39, 0.29) is 36.1 Å². The molecule has 3 rings (SSSR count). The van der Waals surface area contributed by atoms with Crippen molar-refractivity contribution in [3.63, 3.8) is 0 Å². The van der Waals surface area contributed by atoms with Gasteiger partial charge in [0.1, 0.15) is 23.8 Å². The van der Waals surface area contributed by atoms with Crippen LogP contribution < -0.4 is 5.73 Å². The monoisotopic (exact) mass is 418 g/mol. The Balaban J connectivity index is 1.86. The smallest absolute Gasteiger partial charge is 0.333 e. The van der Waals surface area contributed by atoms with Gasteiger partial charge >= 0.3 is 6.55 Å². The number of amidine groups is 1. The number of alkyl halides is 3. The van der Waals surface area contributed by atoms with Gasteiger partial charge in [-0.3, -0.25) is 4.99 Å². The van der Waals surface area contributed by atoms with Crippen molar-refractivity contribution in [2.45, 2.75) is 38.0 Å². The van der Waals surface area contributed by atoms with Crippen LogP contribution in [-0.2, 0) is 23.1 Å². The van der Waals surface area contributed by atoms with Gasteiger partial charge in [-0.25, -0.2) is 13.5 Å². The lowest BCUT2D eigenvalue weighted by molar-refractivity contribution is 0.0562. The molecule has 0 aliphatic carbocycles. The largest absolute Gasteiger partial charge is 0.386 e. The zero-order valence-corrected chi connectivity index (χ0v) is 15.8. The maximum Gasteiger partial charge on any atom is 0.333 e. The van der Waals surface area contributed by atoms with Crippen LogP contribution in [0.5, 0.6) is 0 Å². The van der Waals surface area contributed by atoms with Gasteiger partial charge in [-0.1, -0.05) is 23.7 Å². The number of ether oxygens (including phenoxy) is 1. The van der Waals surface area contributed by atoms with Crippen LogP contribution in [0.2, 0.25) is 5.02 Å². The van der Waals surface area contributed by atoms with Gasteiger partial charge in [0.25, 0.3) is 0 Å². The molecule has 1 aromatic heterocycles. The first kappa shape index (κ1) is 20.6. The molecule has 2 heterocycles. The van der Waals surface area contributed by atoms with Gasteiger partial charge in [0.15, 0.2) is 6.17 Å². The summed E-state index contributed by atoms with van der Waals surface area (Å²) in [7, 11) is 0. The van der Waals surface area contributed by atoms with Gasteiger partial charge in [-0.15, -0.1) is 0 Å². The molecule has 2 atom stereocenters. The minimum atomic E-state index is -2.79. The molecule has 0 saturated carbocycles. The first-order valence-corrected chi connectivity index (χ1v) is 8.95.